The van der Waals surface area contributed by atoms with Crippen LogP contribution in [-0.2, 0) is 24.2 Å². The number of benzene rings is 1. The summed E-state index contributed by atoms with van der Waals surface area (Å²) in [7, 11) is 0. The topological polar surface area (TPSA) is 100 Å². The summed E-state index contributed by atoms with van der Waals surface area (Å²) in [5.41, 5.74) is 3.29. The third-order valence-electron chi connectivity index (χ3n) is 5.79. The molecular formula is C24H27FN4O3. The first kappa shape index (κ1) is 22.0. The van der Waals surface area contributed by atoms with Gasteiger partial charge in [0.25, 0.3) is 0 Å². The molecule has 2 atom stereocenters. The highest BCUT2D eigenvalue weighted by molar-refractivity contribution is 5.68. The molecule has 8 heteroatoms. The lowest BCUT2D eigenvalue weighted by atomic mass is 9.95. The minimum atomic E-state index is -0.952. The van der Waals surface area contributed by atoms with E-state index in [1.165, 1.54) is 17.7 Å². The smallest absolute Gasteiger partial charge is 0.304 e. The number of nitrogens with zero attached hydrogens (tertiary/aromatic N) is 3. The average molecular weight is 439 g/mol. The third-order valence-corrected chi connectivity index (χ3v) is 5.79. The number of carbonyl (C=O) groups is 1. The number of pyridine rings is 1. The average Bonchev–Trinajstić information content (AvgIpc) is 3.25. The lowest BCUT2D eigenvalue weighted by Gasteiger charge is -2.17. The fourth-order valence-electron chi connectivity index (χ4n) is 4.10. The zero-order valence-corrected chi connectivity index (χ0v) is 17.7. The van der Waals surface area contributed by atoms with Crippen molar-refractivity contribution in [1.29, 1.82) is 0 Å². The number of carboxylic acids is 1. The van der Waals surface area contributed by atoms with Crippen molar-refractivity contribution in [3.63, 3.8) is 0 Å². The highest BCUT2D eigenvalue weighted by Crippen LogP contribution is 2.25. The van der Waals surface area contributed by atoms with Crippen molar-refractivity contribution in [3.8, 4) is 0 Å². The van der Waals surface area contributed by atoms with Gasteiger partial charge in [0.2, 0.25) is 0 Å². The maximum absolute atomic E-state index is 13.6. The Balaban J connectivity index is 1.39. The van der Waals surface area contributed by atoms with Crippen LogP contribution in [0.25, 0.3) is 0 Å². The number of rotatable bonds is 9. The molecule has 0 fully saturated rings. The summed E-state index contributed by atoms with van der Waals surface area (Å²) in [4.78, 5) is 20.3. The van der Waals surface area contributed by atoms with Crippen molar-refractivity contribution in [1.82, 2.24) is 14.5 Å². The molecule has 4 rings (SSSR count). The summed E-state index contributed by atoms with van der Waals surface area (Å²) >= 11 is 0. The molecule has 7 nitrogen and oxygen atoms in total. The lowest BCUT2D eigenvalue weighted by Crippen LogP contribution is -2.14. The van der Waals surface area contributed by atoms with Gasteiger partial charge in [-0.2, -0.15) is 0 Å². The summed E-state index contributed by atoms with van der Waals surface area (Å²) in [5.74, 6) is -0.818. The quantitative estimate of drug-likeness (QED) is 0.471. The molecule has 2 unspecified atom stereocenters. The van der Waals surface area contributed by atoms with E-state index in [2.05, 4.69) is 21.4 Å². The molecule has 32 heavy (non-hydrogen) atoms. The van der Waals surface area contributed by atoms with E-state index < -0.39 is 23.8 Å². The van der Waals surface area contributed by atoms with Crippen LogP contribution in [0.4, 0.5) is 10.2 Å². The summed E-state index contributed by atoms with van der Waals surface area (Å²) in [6.07, 6.45) is 5.66. The summed E-state index contributed by atoms with van der Waals surface area (Å²) in [6, 6.07) is 10.1. The van der Waals surface area contributed by atoms with Crippen molar-refractivity contribution in [2.24, 2.45) is 0 Å². The van der Waals surface area contributed by atoms with Gasteiger partial charge in [0, 0.05) is 30.9 Å². The minimum Gasteiger partial charge on any atom is -0.481 e. The van der Waals surface area contributed by atoms with Crippen molar-refractivity contribution in [2.45, 2.75) is 50.7 Å². The lowest BCUT2D eigenvalue weighted by molar-refractivity contribution is -0.137. The highest BCUT2D eigenvalue weighted by Gasteiger charge is 2.19. The van der Waals surface area contributed by atoms with Crippen molar-refractivity contribution in [2.75, 3.05) is 11.9 Å². The number of imidazole rings is 1. The number of aliphatic hydroxyl groups is 1. The van der Waals surface area contributed by atoms with Gasteiger partial charge in [0.15, 0.2) is 0 Å². The Kier molecular flexibility index (Phi) is 6.80. The van der Waals surface area contributed by atoms with Crippen LogP contribution in [0.1, 0.15) is 53.8 Å². The number of anilines is 1. The molecule has 0 radical (unpaired) electrons. The van der Waals surface area contributed by atoms with Gasteiger partial charge in [-0.15, -0.1) is 0 Å². The van der Waals surface area contributed by atoms with Gasteiger partial charge in [-0.1, -0.05) is 18.2 Å². The second kappa shape index (κ2) is 9.91. The van der Waals surface area contributed by atoms with Crippen molar-refractivity contribution >= 4 is 11.8 Å². The molecule has 2 aromatic heterocycles. The number of nitrogens with one attached hydrogen (secondary N) is 1. The van der Waals surface area contributed by atoms with Crippen LogP contribution < -0.4 is 5.32 Å². The van der Waals surface area contributed by atoms with E-state index in [0.29, 0.717) is 30.6 Å². The molecule has 3 heterocycles. The van der Waals surface area contributed by atoms with Gasteiger partial charge < -0.3 is 20.1 Å². The second-order valence-electron chi connectivity index (χ2n) is 8.24. The number of carboxylic acid groups (broad SMARTS) is 1. The maximum Gasteiger partial charge on any atom is 0.304 e. The fraction of sp³-hybridized carbons (Fsp3) is 0.375. The number of halogens is 1. The predicted octanol–water partition coefficient (Wildman–Crippen LogP) is 3.70. The number of aliphatic carboxylic acids is 1. The molecule has 1 aliphatic rings. The number of aryl methyl sites for hydroxylation is 2. The Morgan fingerprint density at radius 3 is 2.97 bits per heavy atom. The zero-order chi connectivity index (χ0) is 22.5. The van der Waals surface area contributed by atoms with Gasteiger partial charge in [0.05, 0.1) is 24.5 Å². The second-order valence-corrected chi connectivity index (χ2v) is 8.24. The first-order valence-corrected chi connectivity index (χ1v) is 10.9. The first-order valence-electron chi connectivity index (χ1n) is 10.9. The molecule has 3 aromatic rings. The number of hydrogen-bond donors (Lipinski definition) is 3. The summed E-state index contributed by atoms with van der Waals surface area (Å²) < 4.78 is 15.4. The Morgan fingerprint density at radius 1 is 1.28 bits per heavy atom. The standard InChI is InChI=1S/C24H27FN4O3/c25-19-5-1-3-17(11-19)18(12-23(31)32)13-29-14-21(27-15-29)22(30)9-8-20-7-6-16-4-2-10-26-24(16)28-20/h1,3,5-7,11,14-15,18,22,30H,2,4,8-10,12-13H2,(H,26,28)(H,31,32). The number of aliphatic hydroxyl groups excluding tert-OH is 1. The Bertz CT molecular complexity index is 1080. The number of aromatic nitrogens is 3. The van der Waals surface area contributed by atoms with E-state index in [4.69, 9.17) is 0 Å². The molecule has 168 valence electrons. The van der Waals surface area contributed by atoms with Crippen LogP contribution in [0.2, 0.25) is 0 Å². The van der Waals surface area contributed by atoms with Crippen LogP contribution in [0.5, 0.6) is 0 Å². The van der Waals surface area contributed by atoms with E-state index in [1.54, 1.807) is 29.2 Å². The van der Waals surface area contributed by atoms with Gasteiger partial charge in [0.1, 0.15) is 11.6 Å². The van der Waals surface area contributed by atoms with E-state index in [1.807, 2.05) is 6.07 Å². The van der Waals surface area contributed by atoms with Gasteiger partial charge in [-0.05, 0) is 55.0 Å². The molecule has 1 aliphatic heterocycles. The van der Waals surface area contributed by atoms with E-state index in [9.17, 15) is 19.4 Å². The molecule has 3 N–H and O–H groups in total. The van der Waals surface area contributed by atoms with Crippen molar-refractivity contribution < 1.29 is 19.4 Å². The van der Waals surface area contributed by atoms with Crippen LogP contribution >= 0.6 is 0 Å². The monoisotopic (exact) mass is 438 g/mol. The Hall–Kier alpha value is -3.26. The molecular weight excluding hydrogens is 411 g/mol. The van der Waals surface area contributed by atoms with Crippen LogP contribution in [0.15, 0.2) is 48.9 Å². The maximum atomic E-state index is 13.6. The molecule has 0 amide bonds. The molecule has 0 bridgehead atoms. The predicted molar refractivity (Wildman–Crippen MR) is 118 cm³/mol. The van der Waals surface area contributed by atoms with Gasteiger partial charge >= 0.3 is 5.97 Å². The van der Waals surface area contributed by atoms with Crippen molar-refractivity contribution in [3.05, 3.63) is 77.3 Å². The molecule has 0 saturated heterocycles. The number of hydrogen-bond acceptors (Lipinski definition) is 5. The van der Waals surface area contributed by atoms with Crippen LogP contribution in [0.3, 0.4) is 0 Å². The van der Waals surface area contributed by atoms with E-state index >= 15 is 0 Å². The molecule has 0 spiro atoms. The van der Waals surface area contributed by atoms with Gasteiger partial charge in [-0.3, -0.25) is 4.79 Å². The summed E-state index contributed by atoms with van der Waals surface area (Å²) in [6.45, 7) is 1.26. The summed E-state index contributed by atoms with van der Waals surface area (Å²) in [5, 5.41) is 23.2. The molecule has 0 aliphatic carbocycles. The zero-order valence-electron chi connectivity index (χ0n) is 17.7. The van der Waals surface area contributed by atoms with E-state index in [0.717, 1.165) is 30.9 Å². The largest absolute Gasteiger partial charge is 0.481 e. The SMILES string of the molecule is O=C(O)CC(Cn1cnc(C(O)CCc2ccc3c(n2)NCCC3)c1)c1cccc(F)c1. The molecule has 0 saturated carbocycles. The normalized spacial score (nSPS) is 14.9. The number of fused-ring (bicyclic) bond motifs is 1. The van der Waals surface area contributed by atoms with Crippen LogP contribution in [0, 0.1) is 5.82 Å². The Labute approximate surface area is 186 Å². The Morgan fingerprint density at radius 2 is 2.16 bits per heavy atom. The van der Waals surface area contributed by atoms with Gasteiger partial charge in [-0.25, -0.2) is 14.4 Å². The highest BCUT2D eigenvalue weighted by atomic mass is 19.1. The molecule has 1 aromatic carbocycles. The third kappa shape index (κ3) is 5.50. The minimum absolute atomic E-state index is 0.127. The van der Waals surface area contributed by atoms with Crippen LogP contribution in [-0.4, -0.2) is 37.3 Å². The first-order chi connectivity index (χ1) is 15.5. The van der Waals surface area contributed by atoms with E-state index in [-0.39, 0.29) is 6.42 Å². The fourth-order valence-corrected chi connectivity index (χ4v) is 4.10.